The van der Waals surface area contributed by atoms with Gasteiger partial charge in [0.2, 0.25) is 0 Å². The maximum absolute atomic E-state index is 8.35. The Labute approximate surface area is 96.4 Å². The quantitative estimate of drug-likeness (QED) is 0.423. The van der Waals surface area contributed by atoms with Gasteiger partial charge in [0.25, 0.3) is 0 Å². The van der Waals surface area contributed by atoms with Crippen molar-refractivity contribution in [3.05, 3.63) is 0 Å². The molecule has 0 saturated carbocycles. The molecule has 0 heterocycles. The Balaban J connectivity index is 0. The van der Waals surface area contributed by atoms with Crippen LogP contribution in [-0.4, -0.2) is 72.3 Å². The van der Waals surface area contributed by atoms with Crippen LogP contribution in [0.2, 0.25) is 0 Å². The van der Waals surface area contributed by atoms with Gasteiger partial charge in [0.15, 0.2) is 0 Å². The predicted molar refractivity (Wildman–Crippen MR) is 59.2 cm³/mol. The molecule has 0 aliphatic heterocycles. The first-order valence-electron chi connectivity index (χ1n) is 5.28. The standard InChI is InChI=1S/2C5H12O3/c2*1-5(4-7)8-3-2-6/h2*5-7H,2-4H2,1H3. The molecule has 2 unspecified atom stereocenters. The molecule has 0 bridgehead atoms. The Bertz CT molecular complexity index is 108. The van der Waals surface area contributed by atoms with Gasteiger partial charge in [-0.05, 0) is 13.8 Å². The Morgan fingerprint density at radius 1 is 0.750 bits per heavy atom. The molecular weight excluding hydrogens is 216 g/mol. The highest BCUT2D eigenvalue weighted by molar-refractivity contribution is 4.43. The van der Waals surface area contributed by atoms with Gasteiger partial charge in [-0.1, -0.05) is 0 Å². The summed E-state index contributed by atoms with van der Waals surface area (Å²) in [4.78, 5) is 0. The van der Waals surface area contributed by atoms with Crippen molar-refractivity contribution in [1.82, 2.24) is 0 Å². The van der Waals surface area contributed by atoms with E-state index in [0.717, 1.165) is 0 Å². The smallest absolute Gasteiger partial charge is 0.0778 e. The van der Waals surface area contributed by atoms with E-state index >= 15 is 0 Å². The first kappa shape index (κ1) is 18.1. The number of hydrogen-bond acceptors (Lipinski definition) is 6. The summed E-state index contributed by atoms with van der Waals surface area (Å²) in [5, 5.41) is 33.1. The van der Waals surface area contributed by atoms with Crippen LogP contribution in [-0.2, 0) is 9.47 Å². The van der Waals surface area contributed by atoms with Gasteiger partial charge in [0.05, 0.1) is 51.8 Å². The highest BCUT2D eigenvalue weighted by Gasteiger charge is 1.96. The summed E-state index contributed by atoms with van der Waals surface area (Å²) in [6.45, 7) is 4.17. The van der Waals surface area contributed by atoms with Crippen molar-refractivity contribution in [2.24, 2.45) is 0 Å². The van der Waals surface area contributed by atoms with E-state index < -0.39 is 0 Å². The van der Waals surface area contributed by atoms with Crippen LogP contribution in [0.4, 0.5) is 0 Å². The van der Waals surface area contributed by atoms with E-state index in [1.54, 1.807) is 13.8 Å². The molecule has 0 aliphatic carbocycles. The highest BCUT2D eigenvalue weighted by Crippen LogP contribution is 1.86. The number of hydrogen-bond donors (Lipinski definition) is 4. The van der Waals surface area contributed by atoms with E-state index in [0.29, 0.717) is 13.2 Å². The second-order valence-electron chi connectivity index (χ2n) is 3.18. The highest BCUT2D eigenvalue weighted by atomic mass is 16.5. The normalized spacial score (nSPS) is 13.9. The molecule has 0 aromatic carbocycles. The van der Waals surface area contributed by atoms with Crippen LogP contribution in [0.1, 0.15) is 13.8 Å². The largest absolute Gasteiger partial charge is 0.394 e. The van der Waals surface area contributed by atoms with Crippen LogP contribution in [0.5, 0.6) is 0 Å². The van der Waals surface area contributed by atoms with Gasteiger partial charge in [-0.15, -0.1) is 0 Å². The van der Waals surface area contributed by atoms with Gasteiger partial charge in [-0.3, -0.25) is 0 Å². The van der Waals surface area contributed by atoms with Gasteiger partial charge in [0, 0.05) is 0 Å². The molecule has 0 saturated heterocycles. The van der Waals surface area contributed by atoms with E-state index in [4.69, 9.17) is 29.9 Å². The molecule has 16 heavy (non-hydrogen) atoms. The molecule has 0 radical (unpaired) electrons. The van der Waals surface area contributed by atoms with E-state index in [2.05, 4.69) is 0 Å². The lowest BCUT2D eigenvalue weighted by Gasteiger charge is -2.06. The molecule has 2 atom stereocenters. The van der Waals surface area contributed by atoms with Crippen molar-refractivity contribution >= 4 is 0 Å². The fourth-order valence-electron chi connectivity index (χ4n) is 0.613. The lowest BCUT2D eigenvalue weighted by Crippen LogP contribution is -2.14. The average Bonchev–Trinajstić information content (AvgIpc) is 2.33. The number of ether oxygens (including phenoxy) is 2. The predicted octanol–water partition coefficient (Wildman–Crippen LogP) is -1.25. The van der Waals surface area contributed by atoms with E-state index in [-0.39, 0.29) is 38.6 Å². The summed E-state index contributed by atoms with van der Waals surface area (Å²) in [6.07, 6.45) is -0.302. The van der Waals surface area contributed by atoms with Crippen LogP contribution in [0.15, 0.2) is 0 Å². The molecule has 0 amide bonds. The molecule has 0 aliphatic rings. The number of aliphatic hydroxyl groups is 4. The topological polar surface area (TPSA) is 99.4 Å². The van der Waals surface area contributed by atoms with Crippen LogP contribution in [0, 0.1) is 0 Å². The summed E-state index contributed by atoms with van der Waals surface area (Å²) in [7, 11) is 0. The third-order valence-corrected chi connectivity index (χ3v) is 1.50. The van der Waals surface area contributed by atoms with Crippen LogP contribution < -0.4 is 0 Å². The van der Waals surface area contributed by atoms with Crippen molar-refractivity contribution in [2.75, 3.05) is 39.6 Å². The molecule has 6 heteroatoms. The molecule has 0 aromatic heterocycles. The Morgan fingerprint density at radius 3 is 1.25 bits per heavy atom. The Morgan fingerprint density at radius 2 is 1.06 bits per heavy atom. The maximum atomic E-state index is 8.35. The fraction of sp³-hybridized carbons (Fsp3) is 1.00. The molecule has 0 fully saturated rings. The van der Waals surface area contributed by atoms with Crippen molar-refractivity contribution in [3.63, 3.8) is 0 Å². The van der Waals surface area contributed by atoms with Crippen LogP contribution >= 0.6 is 0 Å². The first-order chi connectivity index (χ1) is 7.62. The molecule has 6 nitrogen and oxygen atoms in total. The minimum Gasteiger partial charge on any atom is -0.394 e. The van der Waals surface area contributed by atoms with E-state index in [1.807, 2.05) is 0 Å². The van der Waals surface area contributed by atoms with E-state index in [1.165, 1.54) is 0 Å². The van der Waals surface area contributed by atoms with Gasteiger partial charge in [-0.2, -0.15) is 0 Å². The molecule has 0 rings (SSSR count). The van der Waals surface area contributed by atoms with Crippen molar-refractivity contribution in [1.29, 1.82) is 0 Å². The van der Waals surface area contributed by atoms with Gasteiger partial charge in [-0.25, -0.2) is 0 Å². The summed E-state index contributed by atoms with van der Waals surface area (Å²) in [5.41, 5.74) is 0. The van der Waals surface area contributed by atoms with E-state index in [9.17, 15) is 0 Å². The summed E-state index contributed by atoms with van der Waals surface area (Å²) in [5.74, 6) is 0. The monoisotopic (exact) mass is 240 g/mol. The van der Waals surface area contributed by atoms with Crippen LogP contribution in [0.25, 0.3) is 0 Å². The molecular formula is C10H24O6. The summed E-state index contributed by atoms with van der Waals surface area (Å²) < 4.78 is 9.68. The Hall–Kier alpha value is -0.240. The number of aliphatic hydroxyl groups excluding tert-OH is 4. The summed E-state index contributed by atoms with van der Waals surface area (Å²) >= 11 is 0. The zero-order valence-corrected chi connectivity index (χ0v) is 10.0. The molecule has 100 valence electrons. The van der Waals surface area contributed by atoms with Gasteiger partial charge >= 0.3 is 0 Å². The van der Waals surface area contributed by atoms with Crippen molar-refractivity contribution in [3.8, 4) is 0 Å². The lowest BCUT2D eigenvalue weighted by atomic mass is 10.4. The minimum absolute atomic E-state index is 0.0139. The molecule has 0 aromatic rings. The minimum atomic E-state index is -0.151. The third kappa shape index (κ3) is 16.2. The third-order valence-electron chi connectivity index (χ3n) is 1.50. The molecule has 4 N–H and O–H groups in total. The SMILES string of the molecule is CC(CO)OCCO.CC(CO)OCCO. The zero-order valence-electron chi connectivity index (χ0n) is 10.0. The second-order valence-corrected chi connectivity index (χ2v) is 3.18. The fourth-order valence-corrected chi connectivity index (χ4v) is 0.613. The second kappa shape index (κ2) is 14.8. The van der Waals surface area contributed by atoms with Gasteiger partial charge < -0.3 is 29.9 Å². The van der Waals surface area contributed by atoms with Crippen molar-refractivity contribution < 1.29 is 29.9 Å². The van der Waals surface area contributed by atoms with Crippen molar-refractivity contribution in [2.45, 2.75) is 26.1 Å². The van der Waals surface area contributed by atoms with Gasteiger partial charge in [0.1, 0.15) is 0 Å². The Kier molecular flexibility index (Phi) is 16.7. The molecule has 0 spiro atoms. The zero-order chi connectivity index (χ0) is 12.8. The first-order valence-corrected chi connectivity index (χ1v) is 5.28. The summed E-state index contributed by atoms with van der Waals surface area (Å²) in [6, 6.07) is 0. The lowest BCUT2D eigenvalue weighted by molar-refractivity contribution is 0.00729. The maximum Gasteiger partial charge on any atom is 0.0778 e. The van der Waals surface area contributed by atoms with Crippen LogP contribution in [0.3, 0.4) is 0 Å². The number of rotatable bonds is 8. The average molecular weight is 240 g/mol.